The quantitative estimate of drug-likeness (QED) is 0.871. The Hall–Kier alpha value is -2.82. The zero-order chi connectivity index (χ0) is 17.4. The SMILES string of the molecule is C=C1NC(=O)[C@@](NC(=O)c2ccccc2C)(C(F)(F)F)[C@@H]1C#N. The van der Waals surface area contributed by atoms with Crippen molar-refractivity contribution in [2.24, 2.45) is 5.92 Å². The van der Waals surface area contributed by atoms with E-state index in [9.17, 15) is 22.8 Å². The van der Waals surface area contributed by atoms with Crippen LogP contribution in [0.1, 0.15) is 15.9 Å². The highest BCUT2D eigenvalue weighted by Gasteiger charge is 2.70. The van der Waals surface area contributed by atoms with Crippen molar-refractivity contribution in [3.05, 3.63) is 47.7 Å². The Morgan fingerprint density at radius 2 is 2.04 bits per heavy atom. The van der Waals surface area contributed by atoms with E-state index in [4.69, 9.17) is 5.26 Å². The first-order valence-electron chi connectivity index (χ1n) is 6.50. The number of alkyl halides is 3. The van der Waals surface area contributed by atoms with Crippen molar-refractivity contribution < 1.29 is 22.8 Å². The number of hydrogen-bond acceptors (Lipinski definition) is 3. The van der Waals surface area contributed by atoms with E-state index in [-0.39, 0.29) is 5.56 Å². The third kappa shape index (κ3) is 2.44. The van der Waals surface area contributed by atoms with Gasteiger partial charge in [0.1, 0.15) is 5.92 Å². The third-order valence-electron chi connectivity index (χ3n) is 3.69. The molecule has 1 aromatic carbocycles. The predicted octanol–water partition coefficient (Wildman–Crippen LogP) is 1.81. The molecule has 5 nitrogen and oxygen atoms in total. The zero-order valence-corrected chi connectivity index (χ0v) is 12.0. The van der Waals surface area contributed by atoms with Gasteiger partial charge in [-0.1, -0.05) is 24.8 Å². The van der Waals surface area contributed by atoms with E-state index in [1.54, 1.807) is 24.4 Å². The molecular formula is C15H12F3N3O2. The smallest absolute Gasteiger partial charge is 0.329 e. The third-order valence-corrected chi connectivity index (χ3v) is 3.69. The van der Waals surface area contributed by atoms with Gasteiger partial charge in [0.05, 0.1) is 6.07 Å². The van der Waals surface area contributed by atoms with Crippen LogP contribution in [0.3, 0.4) is 0 Å². The maximum Gasteiger partial charge on any atom is 0.422 e. The van der Waals surface area contributed by atoms with Crippen LogP contribution in [0.15, 0.2) is 36.5 Å². The number of amides is 2. The van der Waals surface area contributed by atoms with Crippen molar-refractivity contribution in [3.8, 4) is 6.07 Å². The molecule has 1 heterocycles. The molecule has 0 saturated carbocycles. The molecule has 1 aromatic rings. The summed E-state index contributed by atoms with van der Waals surface area (Å²) in [5, 5.41) is 12.6. The van der Waals surface area contributed by atoms with Crippen LogP contribution in [-0.4, -0.2) is 23.5 Å². The fraction of sp³-hybridized carbons (Fsp3) is 0.267. The van der Waals surface area contributed by atoms with Crippen LogP contribution in [0.25, 0.3) is 0 Å². The van der Waals surface area contributed by atoms with Crippen molar-refractivity contribution in [2.45, 2.75) is 18.6 Å². The molecule has 1 saturated heterocycles. The Balaban J connectivity index is 2.52. The molecule has 0 radical (unpaired) electrons. The van der Waals surface area contributed by atoms with Gasteiger partial charge in [0.15, 0.2) is 0 Å². The molecule has 2 rings (SSSR count). The molecular weight excluding hydrogens is 311 g/mol. The topological polar surface area (TPSA) is 82.0 Å². The number of nitrogens with one attached hydrogen (secondary N) is 2. The second kappa shape index (κ2) is 5.43. The summed E-state index contributed by atoms with van der Waals surface area (Å²) in [5.74, 6) is -4.57. The van der Waals surface area contributed by atoms with E-state index >= 15 is 0 Å². The average Bonchev–Trinajstić information content (AvgIpc) is 2.69. The van der Waals surface area contributed by atoms with Gasteiger partial charge >= 0.3 is 6.18 Å². The van der Waals surface area contributed by atoms with Crippen molar-refractivity contribution in [1.29, 1.82) is 5.26 Å². The summed E-state index contributed by atoms with van der Waals surface area (Å²) in [6.07, 6.45) is -5.17. The predicted molar refractivity (Wildman–Crippen MR) is 73.8 cm³/mol. The molecule has 0 aromatic heterocycles. The van der Waals surface area contributed by atoms with Crippen molar-refractivity contribution in [1.82, 2.24) is 10.6 Å². The van der Waals surface area contributed by atoms with Crippen LogP contribution in [0, 0.1) is 24.2 Å². The Morgan fingerprint density at radius 3 is 2.57 bits per heavy atom. The minimum atomic E-state index is -5.17. The van der Waals surface area contributed by atoms with Gasteiger partial charge in [-0.25, -0.2) is 0 Å². The summed E-state index contributed by atoms with van der Waals surface area (Å²) in [7, 11) is 0. The highest BCUT2D eigenvalue weighted by Crippen LogP contribution is 2.42. The van der Waals surface area contributed by atoms with Crippen LogP contribution in [0.2, 0.25) is 0 Å². The number of nitriles is 1. The molecule has 23 heavy (non-hydrogen) atoms. The summed E-state index contributed by atoms with van der Waals surface area (Å²) >= 11 is 0. The first kappa shape index (κ1) is 16.5. The van der Waals surface area contributed by atoms with Gasteiger partial charge in [-0.15, -0.1) is 0 Å². The van der Waals surface area contributed by atoms with Crippen LogP contribution < -0.4 is 10.6 Å². The van der Waals surface area contributed by atoms with E-state index in [2.05, 4.69) is 6.58 Å². The molecule has 0 unspecified atom stereocenters. The first-order valence-corrected chi connectivity index (χ1v) is 6.50. The van der Waals surface area contributed by atoms with E-state index < -0.39 is 35.1 Å². The van der Waals surface area contributed by atoms with Crippen LogP contribution in [0.5, 0.6) is 0 Å². The van der Waals surface area contributed by atoms with Gasteiger partial charge in [-0.2, -0.15) is 18.4 Å². The summed E-state index contributed by atoms with van der Waals surface area (Å²) in [6.45, 7) is 4.80. The van der Waals surface area contributed by atoms with E-state index in [1.165, 1.54) is 18.2 Å². The highest BCUT2D eigenvalue weighted by atomic mass is 19.4. The van der Waals surface area contributed by atoms with Gasteiger partial charge in [0.2, 0.25) is 5.54 Å². The second-order valence-corrected chi connectivity index (χ2v) is 5.12. The molecule has 0 bridgehead atoms. The van der Waals surface area contributed by atoms with Gasteiger partial charge < -0.3 is 10.6 Å². The zero-order valence-electron chi connectivity index (χ0n) is 12.0. The molecule has 1 fully saturated rings. The molecule has 1 aliphatic heterocycles. The number of rotatable bonds is 2. The number of benzene rings is 1. The first-order chi connectivity index (χ1) is 10.6. The molecule has 2 N–H and O–H groups in total. The number of carbonyl (C=O) groups is 2. The highest BCUT2D eigenvalue weighted by molar-refractivity contribution is 6.02. The molecule has 8 heteroatoms. The van der Waals surface area contributed by atoms with Gasteiger partial charge in [-0.3, -0.25) is 9.59 Å². The lowest BCUT2D eigenvalue weighted by atomic mass is 9.84. The molecule has 0 spiro atoms. The van der Waals surface area contributed by atoms with Crippen molar-refractivity contribution in [3.63, 3.8) is 0 Å². The maximum atomic E-state index is 13.6. The monoisotopic (exact) mass is 323 g/mol. The lowest BCUT2D eigenvalue weighted by Crippen LogP contribution is -2.66. The van der Waals surface area contributed by atoms with Crippen LogP contribution in [-0.2, 0) is 4.79 Å². The second-order valence-electron chi connectivity index (χ2n) is 5.12. The Kier molecular flexibility index (Phi) is 3.90. The molecule has 1 aliphatic rings. The normalized spacial score (nSPS) is 24.0. The minimum Gasteiger partial charge on any atom is -0.329 e. The van der Waals surface area contributed by atoms with E-state index in [0.29, 0.717) is 5.56 Å². The van der Waals surface area contributed by atoms with Crippen molar-refractivity contribution in [2.75, 3.05) is 0 Å². The number of hydrogen-bond donors (Lipinski definition) is 2. The fourth-order valence-corrected chi connectivity index (χ4v) is 2.45. The Bertz CT molecular complexity index is 736. The molecule has 2 amide bonds. The van der Waals surface area contributed by atoms with Crippen LogP contribution in [0.4, 0.5) is 13.2 Å². The fourth-order valence-electron chi connectivity index (χ4n) is 2.45. The number of nitrogens with zero attached hydrogens (tertiary/aromatic N) is 1. The number of aryl methyl sites for hydroxylation is 1. The minimum absolute atomic E-state index is 0.0156. The van der Waals surface area contributed by atoms with E-state index in [0.717, 1.165) is 0 Å². The molecule has 0 aliphatic carbocycles. The Labute approximate surface area is 129 Å². The Morgan fingerprint density at radius 1 is 1.43 bits per heavy atom. The van der Waals surface area contributed by atoms with Gasteiger partial charge in [-0.05, 0) is 18.6 Å². The number of halogens is 3. The summed E-state index contributed by atoms with van der Waals surface area (Å²) in [6, 6.07) is 7.38. The lowest BCUT2D eigenvalue weighted by molar-refractivity contribution is -0.197. The summed E-state index contributed by atoms with van der Waals surface area (Å²) in [5.41, 5.74) is -3.34. The van der Waals surface area contributed by atoms with Crippen LogP contribution >= 0.6 is 0 Å². The van der Waals surface area contributed by atoms with E-state index in [1.807, 2.05) is 5.32 Å². The van der Waals surface area contributed by atoms with Gasteiger partial charge in [0.25, 0.3) is 11.8 Å². The summed E-state index contributed by atoms with van der Waals surface area (Å²) < 4.78 is 40.8. The number of carbonyl (C=O) groups excluding carboxylic acids is 2. The summed E-state index contributed by atoms with van der Waals surface area (Å²) in [4.78, 5) is 24.2. The standard InChI is InChI=1S/C15H12F3N3O2/c1-8-5-3-4-6-10(8)12(22)21-14(15(16,17)18)11(7-19)9(2)20-13(14)23/h3-6,11H,2H2,1H3,(H,20,23)(H,21,22)/t11-,14-/m1/s1. The largest absolute Gasteiger partial charge is 0.422 e. The maximum absolute atomic E-state index is 13.6. The van der Waals surface area contributed by atoms with Crippen molar-refractivity contribution >= 4 is 11.8 Å². The average molecular weight is 323 g/mol. The van der Waals surface area contributed by atoms with Gasteiger partial charge in [0, 0.05) is 11.3 Å². The molecule has 2 atom stereocenters. The lowest BCUT2D eigenvalue weighted by Gasteiger charge is -2.32. The molecule has 120 valence electrons.